The maximum absolute atomic E-state index is 14.4. The number of halogens is 1. The summed E-state index contributed by atoms with van der Waals surface area (Å²) in [4.78, 5) is 27.4. The monoisotopic (exact) mass is 519 g/mol. The Morgan fingerprint density at radius 3 is 2.31 bits per heavy atom. The third-order valence-corrected chi connectivity index (χ3v) is 7.33. The fourth-order valence-electron chi connectivity index (χ4n) is 3.83. The van der Waals surface area contributed by atoms with E-state index >= 15 is 0 Å². The van der Waals surface area contributed by atoms with E-state index in [0.29, 0.717) is 17.8 Å². The second-order valence-corrected chi connectivity index (χ2v) is 11.5. The summed E-state index contributed by atoms with van der Waals surface area (Å²) in [5.41, 5.74) is 2.71. The smallest absolute Gasteiger partial charge is 0.242 e. The number of carbonyl (C=O) groups is 2. The lowest BCUT2D eigenvalue weighted by Crippen LogP contribution is -2.48. The molecule has 0 aliphatic carbocycles. The van der Waals surface area contributed by atoms with Crippen LogP contribution < -0.4 is 9.62 Å². The molecule has 36 heavy (non-hydrogen) atoms. The van der Waals surface area contributed by atoms with Gasteiger partial charge >= 0.3 is 0 Å². The van der Waals surface area contributed by atoms with Gasteiger partial charge in [0, 0.05) is 31.6 Å². The largest absolute Gasteiger partial charge is 0.354 e. The van der Waals surface area contributed by atoms with E-state index < -0.39 is 21.9 Å². The number of benzene rings is 2. The molecule has 7 nitrogen and oxygen atoms in total. The summed E-state index contributed by atoms with van der Waals surface area (Å²) in [7, 11) is -3.58. The third kappa shape index (κ3) is 8.05. The van der Waals surface area contributed by atoms with E-state index in [1.165, 1.54) is 15.3 Å². The standard InChI is InChI=1S/C27H38FN3O4S/c1-19(2)17-29-27(33)22(5)30(18-23-12-7-8-13-24(23)28)26(32)15-10-16-31(36(6,34)35)25-14-9-11-20(3)21(25)4/h7-9,11-14,19,22H,10,15-18H2,1-6H3,(H,29,33)/t22-/m0/s1. The van der Waals surface area contributed by atoms with Gasteiger partial charge in [0.05, 0.1) is 11.9 Å². The van der Waals surface area contributed by atoms with Crippen LogP contribution in [0.15, 0.2) is 42.5 Å². The van der Waals surface area contributed by atoms with Crippen LogP contribution in [0.2, 0.25) is 0 Å². The summed E-state index contributed by atoms with van der Waals surface area (Å²) in [6.07, 6.45) is 1.39. The molecule has 0 radical (unpaired) electrons. The quantitative estimate of drug-likeness (QED) is 0.456. The highest BCUT2D eigenvalue weighted by atomic mass is 32.2. The molecule has 0 heterocycles. The van der Waals surface area contributed by atoms with Gasteiger partial charge in [0.2, 0.25) is 21.8 Å². The molecule has 0 saturated heterocycles. The lowest BCUT2D eigenvalue weighted by Gasteiger charge is -2.30. The summed E-state index contributed by atoms with van der Waals surface area (Å²) in [6, 6.07) is 10.8. The van der Waals surface area contributed by atoms with Crippen molar-refractivity contribution in [3.63, 3.8) is 0 Å². The zero-order valence-electron chi connectivity index (χ0n) is 22.0. The first-order chi connectivity index (χ1) is 16.8. The molecule has 0 fully saturated rings. The van der Waals surface area contributed by atoms with Gasteiger partial charge in [0.1, 0.15) is 11.9 Å². The summed E-state index contributed by atoms with van der Waals surface area (Å²) in [5, 5.41) is 2.83. The summed E-state index contributed by atoms with van der Waals surface area (Å²) in [5.74, 6) is -0.881. The average molecular weight is 520 g/mol. The molecule has 198 valence electrons. The predicted molar refractivity (Wildman–Crippen MR) is 142 cm³/mol. The van der Waals surface area contributed by atoms with Crippen LogP contribution in [0.4, 0.5) is 10.1 Å². The second-order valence-electron chi connectivity index (χ2n) is 9.59. The van der Waals surface area contributed by atoms with Gasteiger partial charge in [-0.1, -0.05) is 44.2 Å². The maximum atomic E-state index is 14.4. The van der Waals surface area contributed by atoms with Crippen molar-refractivity contribution in [2.24, 2.45) is 5.92 Å². The zero-order chi connectivity index (χ0) is 27.0. The molecule has 1 atom stereocenters. The van der Waals surface area contributed by atoms with E-state index in [9.17, 15) is 22.4 Å². The lowest BCUT2D eigenvalue weighted by atomic mass is 10.1. The Labute approximate surface area is 214 Å². The second kappa shape index (κ2) is 12.9. The highest BCUT2D eigenvalue weighted by Gasteiger charge is 2.27. The van der Waals surface area contributed by atoms with Gasteiger partial charge in [-0.2, -0.15) is 0 Å². The number of carbonyl (C=O) groups excluding carboxylic acids is 2. The molecule has 1 N–H and O–H groups in total. The van der Waals surface area contributed by atoms with Crippen LogP contribution in [0.3, 0.4) is 0 Å². The highest BCUT2D eigenvalue weighted by molar-refractivity contribution is 7.92. The van der Waals surface area contributed by atoms with Crippen molar-refractivity contribution in [2.45, 2.75) is 60.0 Å². The Morgan fingerprint density at radius 2 is 1.69 bits per heavy atom. The van der Waals surface area contributed by atoms with Crippen molar-refractivity contribution < 1.29 is 22.4 Å². The molecule has 0 spiro atoms. The summed E-state index contributed by atoms with van der Waals surface area (Å²) in [6.45, 7) is 9.84. The third-order valence-electron chi connectivity index (χ3n) is 6.15. The van der Waals surface area contributed by atoms with Crippen LogP contribution in [-0.2, 0) is 26.2 Å². The van der Waals surface area contributed by atoms with Crippen molar-refractivity contribution in [3.05, 3.63) is 65.0 Å². The Kier molecular flexibility index (Phi) is 10.5. The molecule has 0 bridgehead atoms. The molecule has 9 heteroatoms. The van der Waals surface area contributed by atoms with Crippen LogP contribution in [0.5, 0.6) is 0 Å². The van der Waals surface area contributed by atoms with Crippen LogP contribution >= 0.6 is 0 Å². The van der Waals surface area contributed by atoms with Crippen molar-refractivity contribution in [1.82, 2.24) is 10.2 Å². The normalized spacial score (nSPS) is 12.3. The lowest BCUT2D eigenvalue weighted by molar-refractivity contribution is -0.140. The number of amides is 2. The number of aryl methyl sites for hydroxylation is 1. The highest BCUT2D eigenvalue weighted by Crippen LogP contribution is 2.25. The van der Waals surface area contributed by atoms with Crippen LogP contribution in [0.25, 0.3) is 0 Å². The van der Waals surface area contributed by atoms with Crippen LogP contribution in [-0.4, -0.2) is 50.5 Å². The topological polar surface area (TPSA) is 86.8 Å². The predicted octanol–water partition coefficient (Wildman–Crippen LogP) is 4.18. The SMILES string of the molecule is Cc1cccc(N(CCCC(=O)N(Cc2ccccc2F)[C@@H](C)C(=O)NCC(C)C)S(C)(=O)=O)c1C. The molecule has 0 unspecified atom stereocenters. The molecule has 2 aromatic carbocycles. The van der Waals surface area contributed by atoms with E-state index in [0.717, 1.165) is 17.4 Å². The van der Waals surface area contributed by atoms with Crippen LogP contribution in [0, 0.1) is 25.6 Å². The Morgan fingerprint density at radius 1 is 1.03 bits per heavy atom. The van der Waals surface area contributed by atoms with E-state index in [-0.39, 0.29) is 43.7 Å². The molecule has 2 rings (SSSR count). The van der Waals surface area contributed by atoms with Crippen molar-refractivity contribution in [2.75, 3.05) is 23.7 Å². The molecule has 2 aromatic rings. The van der Waals surface area contributed by atoms with E-state index in [2.05, 4.69) is 5.32 Å². The number of hydrogen-bond donors (Lipinski definition) is 1. The van der Waals surface area contributed by atoms with Crippen molar-refractivity contribution >= 4 is 27.5 Å². The van der Waals surface area contributed by atoms with Gasteiger partial charge in [0.15, 0.2) is 0 Å². The fraction of sp³-hybridized carbons (Fsp3) is 0.481. The summed E-state index contributed by atoms with van der Waals surface area (Å²) < 4.78 is 40.8. The minimum atomic E-state index is -3.58. The van der Waals surface area contributed by atoms with Gasteiger partial charge in [-0.15, -0.1) is 0 Å². The van der Waals surface area contributed by atoms with Gasteiger partial charge in [-0.25, -0.2) is 12.8 Å². The molecule has 0 aromatic heterocycles. The molecule has 0 saturated carbocycles. The Balaban J connectivity index is 2.21. The molecule has 2 amide bonds. The fourth-order valence-corrected chi connectivity index (χ4v) is 4.85. The Bertz CT molecular complexity index is 1170. The Hall–Kier alpha value is -2.94. The minimum Gasteiger partial charge on any atom is -0.354 e. The maximum Gasteiger partial charge on any atom is 0.242 e. The van der Waals surface area contributed by atoms with E-state index in [1.54, 1.807) is 37.3 Å². The van der Waals surface area contributed by atoms with Gasteiger partial charge in [-0.05, 0) is 56.4 Å². The minimum absolute atomic E-state index is 0.00708. The first-order valence-corrected chi connectivity index (χ1v) is 14.0. The molecular formula is C27H38FN3O4S. The first kappa shape index (κ1) is 29.3. The first-order valence-electron chi connectivity index (χ1n) is 12.2. The van der Waals surface area contributed by atoms with Gasteiger partial charge in [-0.3, -0.25) is 13.9 Å². The summed E-state index contributed by atoms with van der Waals surface area (Å²) >= 11 is 0. The van der Waals surface area contributed by atoms with E-state index in [1.807, 2.05) is 33.8 Å². The molecular weight excluding hydrogens is 481 g/mol. The average Bonchev–Trinajstić information content (AvgIpc) is 2.80. The number of nitrogens with zero attached hydrogens (tertiary/aromatic N) is 2. The van der Waals surface area contributed by atoms with E-state index in [4.69, 9.17) is 0 Å². The van der Waals surface area contributed by atoms with Gasteiger partial charge < -0.3 is 10.2 Å². The van der Waals surface area contributed by atoms with Gasteiger partial charge in [0.25, 0.3) is 0 Å². The number of rotatable bonds is 12. The zero-order valence-corrected chi connectivity index (χ0v) is 22.9. The number of nitrogens with one attached hydrogen (secondary N) is 1. The van der Waals surface area contributed by atoms with Crippen LogP contribution in [0.1, 0.15) is 50.3 Å². The van der Waals surface area contributed by atoms with Crippen molar-refractivity contribution in [1.29, 1.82) is 0 Å². The number of anilines is 1. The number of sulfonamides is 1. The number of hydrogen-bond acceptors (Lipinski definition) is 4. The van der Waals surface area contributed by atoms with Crippen molar-refractivity contribution in [3.8, 4) is 0 Å². The molecule has 0 aliphatic rings. The molecule has 0 aliphatic heterocycles.